The van der Waals surface area contributed by atoms with Crippen molar-refractivity contribution in [2.45, 2.75) is 59.1 Å². The summed E-state index contributed by atoms with van der Waals surface area (Å²) >= 11 is 0. The molecule has 0 heterocycles. The molecule has 0 aromatic rings. The van der Waals surface area contributed by atoms with Gasteiger partial charge in [-0.1, -0.05) is 13.8 Å². The fourth-order valence-electron chi connectivity index (χ4n) is 2.20. The lowest BCUT2D eigenvalue weighted by Crippen LogP contribution is -2.41. The lowest BCUT2D eigenvalue weighted by molar-refractivity contribution is -0.145. The zero-order chi connectivity index (χ0) is 16.6. The van der Waals surface area contributed by atoms with Crippen LogP contribution in [0.3, 0.4) is 0 Å². The summed E-state index contributed by atoms with van der Waals surface area (Å²) in [5.74, 6) is -1.07. The van der Waals surface area contributed by atoms with Crippen LogP contribution >= 0.6 is 0 Å². The maximum Gasteiger partial charge on any atom is 0.407 e. The number of hydrogen-bond donors (Lipinski definition) is 1. The minimum atomic E-state index is -0.596. The molecular formula is C15H27NO5. The summed E-state index contributed by atoms with van der Waals surface area (Å²) in [5, 5.41) is 2.65. The third kappa shape index (κ3) is 6.60. The Bertz CT molecular complexity index is 362. The minimum absolute atomic E-state index is 0.347. The number of amides is 1. The first kappa shape index (κ1) is 19.4. The van der Waals surface area contributed by atoms with Gasteiger partial charge in [-0.25, -0.2) is 4.79 Å². The molecule has 0 saturated heterocycles. The molecule has 0 spiro atoms. The quantitative estimate of drug-likeness (QED) is 0.639. The van der Waals surface area contributed by atoms with Gasteiger partial charge in [-0.15, -0.1) is 0 Å². The van der Waals surface area contributed by atoms with Crippen LogP contribution in [0.2, 0.25) is 0 Å². The second-order valence-corrected chi connectivity index (χ2v) is 5.74. The molecule has 6 nitrogen and oxygen atoms in total. The molecule has 122 valence electrons. The standard InChI is InChI=1S/C13H21NO5.C2H6/c1-13(2,3)19-12(17)14-10-6-8(11(16)18-4)5-9(10)7-15;1-2/h7-10H,5-6H2,1-4H3,(H,14,17);1-2H3/t8-,9+,10-;/m1./s1. The van der Waals surface area contributed by atoms with Crippen LogP contribution < -0.4 is 5.32 Å². The Morgan fingerprint density at radius 2 is 1.76 bits per heavy atom. The van der Waals surface area contributed by atoms with Gasteiger partial charge in [0.2, 0.25) is 0 Å². The van der Waals surface area contributed by atoms with E-state index in [0.717, 1.165) is 6.29 Å². The molecule has 1 fully saturated rings. The predicted molar refractivity (Wildman–Crippen MR) is 78.8 cm³/mol. The van der Waals surface area contributed by atoms with Gasteiger partial charge in [0, 0.05) is 12.0 Å². The number of alkyl carbamates (subject to hydrolysis) is 1. The molecule has 1 amide bonds. The van der Waals surface area contributed by atoms with Gasteiger partial charge < -0.3 is 19.6 Å². The first-order chi connectivity index (χ1) is 9.76. The van der Waals surface area contributed by atoms with E-state index in [1.165, 1.54) is 7.11 Å². The number of hydrogen-bond acceptors (Lipinski definition) is 5. The number of esters is 1. The van der Waals surface area contributed by atoms with Gasteiger partial charge in [0.15, 0.2) is 0 Å². The molecule has 0 aromatic heterocycles. The van der Waals surface area contributed by atoms with Crippen LogP contribution in [0.5, 0.6) is 0 Å². The molecule has 6 heteroatoms. The van der Waals surface area contributed by atoms with Crippen LogP contribution in [-0.2, 0) is 19.1 Å². The van der Waals surface area contributed by atoms with Crippen LogP contribution in [-0.4, -0.2) is 37.1 Å². The second kappa shape index (κ2) is 8.64. The van der Waals surface area contributed by atoms with E-state index >= 15 is 0 Å². The summed E-state index contributed by atoms with van der Waals surface area (Å²) < 4.78 is 9.79. The largest absolute Gasteiger partial charge is 0.469 e. The lowest BCUT2D eigenvalue weighted by atomic mass is 10.1. The Hall–Kier alpha value is -1.59. The highest BCUT2D eigenvalue weighted by Crippen LogP contribution is 2.31. The van der Waals surface area contributed by atoms with E-state index in [-0.39, 0.29) is 23.8 Å². The summed E-state index contributed by atoms with van der Waals surface area (Å²) in [6.07, 6.45) is 0.992. The van der Waals surface area contributed by atoms with Gasteiger partial charge in [0.05, 0.1) is 13.0 Å². The van der Waals surface area contributed by atoms with Crippen molar-refractivity contribution in [2.75, 3.05) is 7.11 Å². The third-order valence-corrected chi connectivity index (χ3v) is 3.02. The van der Waals surface area contributed by atoms with Crippen molar-refractivity contribution in [3.05, 3.63) is 0 Å². The summed E-state index contributed by atoms with van der Waals surface area (Å²) in [7, 11) is 1.31. The summed E-state index contributed by atoms with van der Waals surface area (Å²) in [4.78, 5) is 34.1. The number of nitrogens with one attached hydrogen (secondary N) is 1. The van der Waals surface area contributed by atoms with E-state index in [2.05, 4.69) is 10.1 Å². The first-order valence-electron chi connectivity index (χ1n) is 7.29. The predicted octanol–water partition coefficient (Wildman–Crippen LogP) is 2.30. The Labute approximate surface area is 126 Å². The number of ether oxygens (including phenoxy) is 2. The number of rotatable bonds is 3. The maximum absolute atomic E-state index is 11.7. The van der Waals surface area contributed by atoms with E-state index in [1.807, 2.05) is 13.8 Å². The van der Waals surface area contributed by atoms with Crippen LogP contribution in [0.4, 0.5) is 4.79 Å². The van der Waals surface area contributed by atoms with Gasteiger partial charge in [-0.3, -0.25) is 4.79 Å². The SMILES string of the molecule is CC.COC(=O)[C@@H]1C[C@@H](C=O)[C@H](NC(=O)OC(C)(C)C)C1. The zero-order valence-electron chi connectivity index (χ0n) is 13.8. The molecule has 21 heavy (non-hydrogen) atoms. The van der Waals surface area contributed by atoms with Gasteiger partial charge in [0.1, 0.15) is 11.9 Å². The van der Waals surface area contributed by atoms with Crippen molar-refractivity contribution in [1.82, 2.24) is 5.32 Å². The van der Waals surface area contributed by atoms with Gasteiger partial charge in [-0.2, -0.15) is 0 Å². The molecule has 3 atom stereocenters. The lowest BCUT2D eigenvalue weighted by Gasteiger charge is -2.23. The van der Waals surface area contributed by atoms with Gasteiger partial charge in [0.25, 0.3) is 0 Å². The van der Waals surface area contributed by atoms with Crippen molar-refractivity contribution >= 4 is 18.3 Å². The Morgan fingerprint density at radius 3 is 2.19 bits per heavy atom. The van der Waals surface area contributed by atoms with E-state index in [0.29, 0.717) is 12.8 Å². The Morgan fingerprint density at radius 1 is 1.19 bits per heavy atom. The first-order valence-corrected chi connectivity index (χ1v) is 7.29. The Kier molecular flexibility index (Phi) is 7.99. The van der Waals surface area contributed by atoms with Crippen molar-refractivity contribution in [3.8, 4) is 0 Å². The van der Waals surface area contributed by atoms with E-state index in [1.54, 1.807) is 20.8 Å². The molecule has 0 unspecified atom stereocenters. The normalized spacial score (nSPS) is 24.4. The molecule has 0 radical (unpaired) electrons. The fraction of sp³-hybridized carbons (Fsp3) is 0.800. The topological polar surface area (TPSA) is 81.7 Å². The summed E-state index contributed by atoms with van der Waals surface area (Å²) in [5.41, 5.74) is -0.596. The van der Waals surface area contributed by atoms with Crippen LogP contribution in [0, 0.1) is 11.8 Å². The van der Waals surface area contributed by atoms with Crippen LogP contribution in [0.1, 0.15) is 47.5 Å². The molecule has 1 aliphatic carbocycles. The van der Waals surface area contributed by atoms with Crippen LogP contribution in [0.15, 0.2) is 0 Å². The van der Waals surface area contributed by atoms with Crippen molar-refractivity contribution in [1.29, 1.82) is 0 Å². The highest BCUT2D eigenvalue weighted by atomic mass is 16.6. The average molecular weight is 301 g/mol. The van der Waals surface area contributed by atoms with Crippen molar-refractivity contribution < 1.29 is 23.9 Å². The minimum Gasteiger partial charge on any atom is -0.469 e. The number of carbonyl (C=O) groups excluding carboxylic acids is 3. The second-order valence-electron chi connectivity index (χ2n) is 5.74. The van der Waals surface area contributed by atoms with E-state index in [4.69, 9.17) is 4.74 Å². The number of methoxy groups -OCH3 is 1. The molecule has 0 aliphatic heterocycles. The molecule has 0 bridgehead atoms. The third-order valence-electron chi connectivity index (χ3n) is 3.02. The average Bonchev–Trinajstić information content (AvgIpc) is 2.80. The molecule has 1 aliphatic rings. The van der Waals surface area contributed by atoms with Crippen molar-refractivity contribution in [3.63, 3.8) is 0 Å². The monoisotopic (exact) mass is 301 g/mol. The number of carbonyl (C=O) groups is 3. The molecule has 1 rings (SSSR count). The van der Waals surface area contributed by atoms with Crippen LogP contribution in [0.25, 0.3) is 0 Å². The summed E-state index contributed by atoms with van der Waals surface area (Å²) in [6.45, 7) is 9.28. The highest BCUT2D eigenvalue weighted by Gasteiger charge is 2.39. The number of aldehydes is 1. The Balaban J connectivity index is 0.00000191. The zero-order valence-corrected chi connectivity index (χ0v) is 13.8. The molecule has 1 saturated carbocycles. The maximum atomic E-state index is 11.7. The molecule has 0 aromatic carbocycles. The summed E-state index contributed by atoms with van der Waals surface area (Å²) in [6, 6.07) is -0.378. The highest BCUT2D eigenvalue weighted by molar-refractivity contribution is 5.75. The smallest absolute Gasteiger partial charge is 0.407 e. The molecular weight excluding hydrogens is 274 g/mol. The van der Waals surface area contributed by atoms with Gasteiger partial charge in [-0.05, 0) is 33.6 Å². The van der Waals surface area contributed by atoms with Crippen molar-refractivity contribution in [2.24, 2.45) is 11.8 Å². The van der Waals surface area contributed by atoms with E-state index < -0.39 is 11.7 Å². The van der Waals surface area contributed by atoms with E-state index in [9.17, 15) is 14.4 Å². The van der Waals surface area contributed by atoms with Gasteiger partial charge >= 0.3 is 12.1 Å². The molecule has 1 N–H and O–H groups in total. The fourth-order valence-corrected chi connectivity index (χ4v) is 2.20.